The van der Waals surface area contributed by atoms with Gasteiger partial charge >= 0.3 is 0 Å². The van der Waals surface area contributed by atoms with Gasteiger partial charge in [0.25, 0.3) is 0 Å². The minimum atomic E-state index is -0.258. The molecule has 8 heteroatoms. The van der Waals surface area contributed by atoms with Crippen LogP contribution in [0, 0.1) is 6.92 Å². The summed E-state index contributed by atoms with van der Waals surface area (Å²) >= 11 is 3.26. The van der Waals surface area contributed by atoms with Crippen molar-refractivity contribution in [3.63, 3.8) is 0 Å². The second-order valence-electron chi connectivity index (χ2n) is 9.98. The maximum absolute atomic E-state index is 13.5. The van der Waals surface area contributed by atoms with Crippen molar-refractivity contribution in [3.8, 4) is 5.69 Å². The van der Waals surface area contributed by atoms with Crippen molar-refractivity contribution in [1.29, 1.82) is 0 Å². The Kier molecular flexibility index (Phi) is 6.92. The highest BCUT2D eigenvalue weighted by Gasteiger charge is 2.40. The maximum atomic E-state index is 13.5. The van der Waals surface area contributed by atoms with E-state index in [1.807, 2.05) is 49.7 Å². The number of thiophene rings is 1. The van der Waals surface area contributed by atoms with Gasteiger partial charge in [0.05, 0.1) is 22.4 Å². The molecule has 34 heavy (non-hydrogen) atoms. The van der Waals surface area contributed by atoms with Crippen molar-refractivity contribution in [2.75, 3.05) is 17.2 Å². The molecule has 0 saturated carbocycles. The summed E-state index contributed by atoms with van der Waals surface area (Å²) in [6.45, 7) is 12.3. The van der Waals surface area contributed by atoms with Crippen LogP contribution in [0.1, 0.15) is 62.3 Å². The number of rotatable bonds is 5. The summed E-state index contributed by atoms with van der Waals surface area (Å²) in [5.41, 5.74) is 4.82. The third-order valence-electron chi connectivity index (χ3n) is 5.74. The van der Waals surface area contributed by atoms with E-state index in [0.717, 1.165) is 28.1 Å². The minimum absolute atomic E-state index is 0.00612. The molecule has 180 valence electrons. The quantitative estimate of drug-likeness (QED) is 0.525. The second kappa shape index (κ2) is 9.58. The average molecular weight is 497 g/mol. The Hall–Kier alpha value is -2.58. The molecule has 6 nitrogen and oxygen atoms in total. The van der Waals surface area contributed by atoms with Crippen LogP contribution in [0.25, 0.3) is 5.69 Å². The summed E-state index contributed by atoms with van der Waals surface area (Å²) in [4.78, 5) is 28.0. The Morgan fingerprint density at radius 1 is 1.24 bits per heavy atom. The van der Waals surface area contributed by atoms with E-state index >= 15 is 0 Å². The van der Waals surface area contributed by atoms with Crippen LogP contribution in [-0.2, 0) is 15.0 Å². The standard InChI is InChI=1S/C26H32N4O2S2/c1-16(2)27-20(31)13-29-21(32)15-34-23(18-11-12-33-14-18)22-24(26(4,5)6)28-30(25(22)29)19-10-8-7-9-17(19)3/h7-12,14,16,23H,13,15H2,1-6H3,(H,27,31)/t23-/m0/s1. The molecule has 2 amide bonds. The van der Waals surface area contributed by atoms with Crippen molar-refractivity contribution in [1.82, 2.24) is 15.1 Å². The Morgan fingerprint density at radius 2 is 1.97 bits per heavy atom. The van der Waals surface area contributed by atoms with E-state index < -0.39 is 0 Å². The van der Waals surface area contributed by atoms with Gasteiger partial charge in [-0.2, -0.15) is 16.4 Å². The first-order valence-electron chi connectivity index (χ1n) is 11.5. The monoisotopic (exact) mass is 496 g/mol. The van der Waals surface area contributed by atoms with E-state index in [1.54, 1.807) is 28.0 Å². The summed E-state index contributed by atoms with van der Waals surface area (Å²) < 4.78 is 1.89. The van der Waals surface area contributed by atoms with Crippen LogP contribution in [0.4, 0.5) is 5.82 Å². The van der Waals surface area contributed by atoms with Crippen molar-refractivity contribution in [3.05, 3.63) is 63.5 Å². The lowest BCUT2D eigenvalue weighted by atomic mass is 9.87. The van der Waals surface area contributed by atoms with Crippen LogP contribution >= 0.6 is 23.1 Å². The predicted molar refractivity (Wildman–Crippen MR) is 141 cm³/mol. The van der Waals surface area contributed by atoms with Crippen LogP contribution in [0.3, 0.4) is 0 Å². The normalized spacial score (nSPS) is 16.5. The third kappa shape index (κ3) is 4.79. The van der Waals surface area contributed by atoms with Crippen molar-refractivity contribution < 1.29 is 9.59 Å². The lowest BCUT2D eigenvalue weighted by Crippen LogP contribution is -2.44. The van der Waals surface area contributed by atoms with Gasteiger partial charge in [-0.05, 0) is 54.8 Å². The topological polar surface area (TPSA) is 67.2 Å². The van der Waals surface area contributed by atoms with Gasteiger partial charge in [-0.1, -0.05) is 39.0 Å². The van der Waals surface area contributed by atoms with Crippen LogP contribution in [-0.4, -0.2) is 39.9 Å². The number of fused-ring (bicyclic) bond motifs is 1. The molecule has 3 aromatic rings. The second-order valence-corrected chi connectivity index (χ2v) is 11.9. The molecule has 0 spiro atoms. The highest BCUT2D eigenvalue weighted by atomic mass is 32.2. The molecule has 1 aliphatic heterocycles. The van der Waals surface area contributed by atoms with E-state index in [-0.39, 0.29) is 35.1 Å². The van der Waals surface area contributed by atoms with Gasteiger partial charge in [-0.3, -0.25) is 14.5 Å². The number of nitrogens with zero attached hydrogens (tertiary/aromatic N) is 3. The Labute approximate surface area is 209 Å². The fourth-order valence-electron chi connectivity index (χ4n) is 4.24. The predicted octanol–water partition coefficient (Wildman–Crippen LogP) is 5.23. The highest BCUT2D eigenvalue weighted by molar-refractivity contribution is 8.00. The number of aromatic nitrogens is 2. The molecule has 0 bridgehead atoms. The van der Waals surface area contributed by atoms with Gasteiger partial charge in [0.15, 0.2) is 0 Å². The molecule has 2 aromatic heterocycles. The third-order valence-corrected chi connectivity index (χ3v) is 7.70. The number of amides is 2. The average Bonchev–Trinajstić information content (AvgIpc) is 3.38. The van der Waals surface area contributed by atoms with E-state index in [4.69, 9.17) is 5.10 Å². The zero-order valence-electron chi connectivity index (χ0n) is 20.6. The van der Waals surface area contributed by atoms with Gasteiger partial charge in [-0.25, -0.2) is 4.68 Å². The van der Waals surface area contributed by atoms with Gasteiger partial charge in [0.1, 0.15) is 12.4 Å². The van der Waals surface area contributed by atoms with Gasteiger partial charge in [-0.15, -0.1) is 11.8 Å². The largest absolute Gasteiger partial charge is 0.352 e. The lowest BCUT2D eigenvalue weighted by molar-refractivity contribution is -0.123. The summed E-state index contributed by atoms with van der Waals surface area (Å²) in [7, 11) is 0. The number of thioether (sulfide) groups is 1. The molecule has 4 rings (SSSR count). The number of benzene rings is 1. The van der Waals surface area contributed by atoms with Crippen LogP contribution in [0.2, 0.25) is 0 Å². The van der Waals surface area contributed by atoms with E-state index in [1.165, 1.54) is 0 Å². The summed E-state index contributed by atoms with van der Waals surface area (Å²) in [5, 5.41) is 12.2. The summed E-state index contributed by atoms with van der Waals surface area (Å²) in [6, 6.07) is 10.1. The minimum Gasteiger partial charge on any atom is -0.352 e. The lowest BCUT2D eigenvalue weighted by Gasteiger charge is -2.24. The molecule has 1 N–H and O–H groups in total. The summed E-state index contributed by atoms with van der Waals surface area (Å²) in [6.07, 6.45) is 0. The molecular formula is C26H32N4O2S2. The molecule has 1 aromatic carbocycles. The molecular weight excluding hydrogens is 464 g/mol. The fraction of sp³-hybridized carbons (Fsp3) is 0.423. The molecule has 0 radical (unpaired) electrons. The molecule has 0 aliphatic carbocycles. The van der Waals surface area contributed by atoms with Crippen molar-refractivity contribution >= 4 is 40.7 Å². The number of nitrogens with one attached hydrogen (secondary N) is 1. The first-order valence-corrected chi connectivity index (χ1v) is 13.5. The Morgan fingerprint density at radius 3 is 2.59 bits per heavy atom. The number of para-hydroxylation sites is 1. The highest BCUT2D eigenvalue weighted by Crippen LogP contribution is 2.48. The Bertz CT molecular complexity index is 1190. The maximum Gasteiger partial charge on any atom is 0.240 e. The number of carbonyl (C=O) groups excluding carboxylic acids is 2. The SMILES string of the molecule is Cc1ccccc1-n1nc(C(C)(C)C)c2c1N(CC(=O)NC(C)C)C(=O)CS[C@H]2c1ccsc1. The fourth-order valence-corrected chi connectivity index (χ4v) is 6.20. The smallest absolute Gasteiger partial charge is 0.240 e. The number of hydrogen-bond donors (Lipinski definition) is 1. The molecule has 0 unspecified atom stereocenters. The van der Waals surface area contributed by atoms with Crippen molar-refractivity contribution in [2.45, 2.75) is 58.2 Å². The van der Waals surface area contributed by atoms with E-state index in [2.05, 4.69) is 42.9 Å². The van der Waals surface area contributed by atoms with Crippen molar-refractivity contribution in [2.24, 2.45) is 0 Å². The molecule has 3 heterocycles. The van der Waals surface area contributed by atoms with Gasteiger partial charge in [0.2, 0.25) is 11.8 Å². The number of hydrogen-bond acceptors (Lipinski definition) is 5. The molecule has 0 saturated heterocycles. The zero-order valence-corrected chi connectivity index (χ0v) is 22.2. The van der Waals surface area contributed by atoms with Crippen LogP contribution < -0.4 is 10.2 Å². The molecule has 1 aliphatic rings. The molecule has 1 atom stereocenters. The van der Waals surface area contributed by atoms with E-state index in [0.29, 0.717) is 11.6 Å². The summed E-state index contributed by atoms with van der Waals surface area (Å²) in [5.74, 6) is 0.729. The van der Waals surface area contributed by atoms with E-state index in [9.17, 15) is 9.59 Å². The first kappa shape index (κ1) is 24.5. The van der Waals surface area contributed by atoms with Gasteiger partial charge < -0.3 is 5.32 Å². The number of carbonyl (C=O) groups is 2. The van der Waals surface area contributed by atoms with Crippen LogP contribution in [0.5, 0.6) is 0 Å². The van der Waals surface area contributed by atoms with Gasteiger partial charge in [0, 0.05) is 17.0 Å². The zero-order chi connectivity index (χ0) is 24.6. The first-order chi connectivity index (χ1) is 16.1. The Balaban J connectivity index is 2.01. The molecule has 0 fully saturated rings. The van der Waals surface area contributed by atoms with Crippen LogP contribution in [0.15, 0.2) is 41.1 Å². The number of anilines is 1. The number of aryl methyl sites for hydroxylation is 1.